The Morgan fingerprint density at radius 3 is 2.77 bits per heavy atom. The number of amides is 1. The molecule has 3 aliphatic rings. The number of nitriles is 1. The average molecular weight is 763 g/mol. The van der Waals surface area contributed by atoms with Gasteiger partial charge in [-0.3, -0.25) is 14.7 Å². The predicted octanol–water partition coefficient (Wildman–Crippen LogP) is 6.86. The molecule has 3 atom stereocenters. The van der Waals surface area contributed by atoms with E-state index in [4.69, 9.17) is 16.3 Å². The maximum absolute atomic E-state index is 16.6. The molecule has 0 bridgehead atoms. The molecule has 0 radical (unpaired) electrons. The predicted molar refractivity (Wildman–Crippen MR) is 180 cm³/mol. The van der Waals surface area contributed by atoms with E-state index >= 15 is 8.78 Å². The maximum Gasteiger partial charge on any atom is 0.417 e. The first-order valence-corrected chi connectivity index (χ1v) is 17.6. The second-order valence-corrected chi connectivity index (χ2v) is 14.3. The SMILES string of the molecule is N#CC[C@H]1CN(c2nc(OC[C@@]34CCCN3C[C@H](F)C4)nc3c(F)c(-c4cc(Cl)ccc4C(F)(F)F)ncc23)CCN1C(=O)/C(F)=C/c1nccs1. The number of aromatic nitrogens is 4. The van der Waals surface area contributed by atoms with Gasteiger partial charge in [0, 0.05) is 67.0 Å². The molecule has 3 aromatic heterocycles. The van der Waals surface area contributed by atoms with Gasteiger partial charge in [-0.05, 0) is 37.6 Å². The van der Waals surface area contributed by atoms with E-state index in [2.05, 4.69) is 19.9 Å². The van der Waals surface area contributed by atoms with Crippen LogP contribution in [0.1, 0.15) is 36.3 Å². The Bertz CT molecular complexity index is 2080. The van der Waals surface area contributed by atoms with Crippen molar-refractivity contribution in [2.75, 3.05) is 44.2 Å². The van der Waals surface area contributed by atoms with Crippen LogP contribution in [-0.2, 0) is 11.0 Å². The van der Waals surface area contributed by atoms with E-state index in [1.807, 2.05) is 11.0 Å². The number of ether oxygens (including phenoxy) is 1. The van der Waals surface area contributed by atoms with E-state index in [0.29, 0.717) is 13.0 Å². The number of alkyl halides is 4. The highest BCUT2D eigenvalue weighted by Crippen LogP contribution is 2.42. The van der Waals surface area contributed by atoms with Gasteiger partial charge in [0.05, 0.1) is 35.0 Å². The number of rotatable bonds is 8. The lowest BCUT2D eigenvalue weighted by Gasteiger charge is -2.41. The van der Waals surface area contributed by atoms with E-state index in [9.17, 15) is 27.6 Å². The molecule has 3 saturated heterocycles. The summed E-state index contributed by atoms with van der Waals surface area (Å²) in [7, 11) is 0. The first-order valence-electron chi connectivity index (χ1n) is 16.3. The number of anilines is 1. The maximum atomic E-state index is 16.6. The smallest absolute Gasteiger partial charge is 0.417 e. The van der Waals surface area contributed by atoms with Gasteiger partial charge in [0.2, 0.25) is 0 Å². The Hall–Kier alpha value is -4.53. The highest BCUT2D eigenvalue weighted by molar-refractivity contribution is 7.10. The van der Waals surface area contributed by atoms with Gasteiger partial charge in [0.15, 0.2) is 11.6 Å². The molecule has 3 aliphatic heterocycles. The van der Waals surface area contributed by atoms with E-state index in [1.165, 1.54) is 11.1 Å². The minimum Gasteiger partial charge on any atom is -0.461 e. The minimum absolute atomic E-state index is 0.0138. The molecule has 0 saturated carbocycles. The summed E-state index contributed by atoms with van der Waals surface area (Å²) in [6.07, 6.45) is -0.769. The van der Waals surface area contributed by atoms with Crippen LogP contribution in [0.2, 0.25) is 5.02 Å². The number of nitrogens with zero attached hydrogens (tertiary/aromatic N) is 8. The van der Waals surface area contributed by atoms with Crippen LogP contribution < -0.4 is 9.64 Å². The Morgan fingerprint density at radius 2 is 2.02 bits per heavy atom. The Labute approximate surface area is 302 Å². The quantitative estimate of drug-likeness (QED) is 0.141. The zero-order valence-corrected chi connectivity index (χ0v) is 28.8. The summed E-state index contributed by atoms with van der Waals surface area (Å²) in [6.45, 7) is 0.845. The summed E-state index contributed by atoms with van der Waals surface area (Å²) in [6, 6.07) is 3.62. The van der Waals surface area contributed by atoms with Crippen LogP contribution >= 0.6 is 22.9 Å². The molecule has 1 aromatic carbocycles. The highest BCUT2D eigenvalue weighted by atomic mass is 35.5. The van der Waals surface area contributed by atoms with Gasteiger partial charge >= 0.3 is 12.2 Å². The lowest BCUT2D eigenvalue weighted by molar-refractivity contribution is -0.137. The number of thiazole rings is 1. The number of halogens is 7. The van der Waals surface area contributed by atoms with Crippen molar-refractivity contribution < 1.29 is 35.9 Å². The van der Waals surface area contributed by atoms with Crippen molar-refractivity contribution in [2.24, 2.45) is 0 Å². The third-order valence-corrected chi connectivity index (χ3v) is 10.7. The van der Waals surface area contributed by atoms with Crippen LogP contribution in [0.5, 0.6) is 6.01 Å². The van der Waals surface area contributed by atoms with E-state index in [1.54, 1.807) is 10.3 Å². The number of benzene rings is 1. The molecule has 4 aromatic rings. The van der Waals surface area contributed by atoms with Crippen molar-refractivity contribution in [2.45, 2.75) is 49.6 Å². The van der Waals surface area contributed by atoms with E-state index in [-0.39, 0.29) is 72.9 Å². The number of piperazine rings is 1. The molecular formula is C34H29ClF6N8O2S. The fraction of sp³-hybridized carbons (Fsp3) is 0.412. The molecule has 272 valence electrons. The normalized spacial score (nSPS) is 22.5. The topological polar surface area (TPSA) is 111 Å². The number of pyridine rings is 1. The molecule has 7 rings (SSSR count). The van der Waals surface area contributed by atoms with Gasteiger partial charge in [0.25, 0.3) is 5.91 Å². The fourth-order valence-corrected chi connectivity index (χ4v) is 8.06. The second-order valence-electron chi connectivity index (χ2n) is 12.9. The number of carbonyl (C=O) groups is 1. The number of fused-ring (bicyclic) bond motifs is 2. The van der Waals surface area contributed by atoms with Gasteiger partial charge < -0.3 is 14.5 Å². The van der Waals surface area contributed by atoms with Gasteiger partial charge in [-0.2, -0.15) is 28.4 Å². The summed E-state index contributed by atoms with van der Waals surface area (Å²) >= 11 is 7.19. The summed E-state index contributed by atoms with van der Waals surface area (Å²) in [4.78, 5) is 35.0. The third kappa shape index (κ3) is 6.86. The van der Waals surface area contributed by atoms with Crippen LogP contribution in [-0.4, -0.2) is 92.7 Å². The van der Waals surface area contributed by atoms with Crippen molar-refractivity contribution in [3.05, 3.63) is 63.2 Å². The number of carbonyl (C=O) groups excluding carboxylic acids is 1. The van der Waals surface area contributed by atoms with Gasteiger partial charge in [-0.25, -0.2) is 18.2 Å². The fourth-order valence-electron chi connectivity index (χ4n) is 7.33. The molecule has 6 heterocycles. The molecule has 3 fully saturated rings. The molecule has 1 amide bonds. The minimum atomic E-state index is -4.86. The van der Waals surface area contributed by atoms with Gasteiger partial charge in [-0.1, -0.05) is 11.6 Å². The van der Waals surface area contributed by atoms with Crippen molar-refractivity contribution in [1.29, 1.82) is 5.26 Å². The lowest BCUT2D eigenvalue weighted by atomic mass is 9.95. The van der Waals surface area contributed by atoms with Crippen LogP contribution in [0.4, 0.5) is 32.2 Å². The zero-order valence-electron chi connectivity index (χ0n) is 27.2. The summed E-state index contributed by atoms with van der Waals surface area (Å²) in [5, 5.41) is 11.5. The first kappa shape index (κ1) is 35.9. The highest BCUT2D eigenvalue weighted by Gasteiger charge is 2.49. The molecule has 52 heavy (non-hydrogen) atoms. The van der Waals surface area contributed by atoms with Crippen molar-refractivity contribution in [1.82, 2.24) is 29.7 Å². The Kier molecular flexibility index (Phi) is 9.74. The van der Waals surface area contributed by atoms with Crippen molar-refractivity contribution >= 4 is 51.6 Å². The second kappa shape index (κ2) is 14.1. The monoisotopic (exact) mass is 762 g/mol. The first-order chi connectivity index (χ1) is 24.9. The molecule has 0 unspecified atom stereocenters. The lowest BCUT2D eigenvalue weighted by Crippen LogP contribution is -2.55. The molecule has 0 aliphatic carbocycles. The standard InChI is InChI=1S/C34H29ClF6N8O2S/c35-19-2-3-24(34(39,40)41)22(12-19)28-27(38)29-23(15-44-28)30(46-32(45-29)51-18-33-5-1-8-48(33)16-20(36)14-33)47-9-10-49(21(17-47)4-6-42)31(50)25(37)13-26-43-7-11-52-26/h2-3,7,11-13,15,20-21H,1,4-5,8-10,14,16-18H2/b25-13-/t20-,21+,33+/m1/s1. The largest absolute Gasteiger partial charge is 0.461 e. The average Bonchev–Trinajstić information content (AvgIpc) is 3.83. The Morgan fingerprint density at radius 1 is 1.19 bits per heavy atom. The summed E-state index contributed by atoms with van der Waals surface area (Å²) in [5.74, 6) is -3.12. The molecule has 0 spiro atoms. The van der Waals surface area contributed by atoms with Crippen LogP contribution in [0.3, 0.4) is 0 Å². The number of hydrogen-bond acceptors (Lipinski definition) is 10. The van der Waals surface area contributed by atoms with E-state index in [0.717, 1.165) is 48.2 Å². The summed E-state index contributed by atoms with van der Waals surface area (Å²) in [5.41, 5.74) is -3.44. The van der Waals surface area contributed by atoms with Crippen LogP contribution in [0.25, 0.3) is 28.2 Å². The van der Waals surface area contributed by atoms with Crippen molar-refractivity contribution in [3.8, 4) is 23.3 Å². The zero-order chi connectivity index (χ0) is 36.8. The van der Waals surface area contributed by atoms with Crippen LogP contribution in [0.15, 0.2) is 41.8 Å². The molecule has 0 N–H and O–H groups in total. The molecular weight excluding hydrogens is 734 g/mol. The van der Waals surface area contributed by atoms with Crippen LogP contribution in [0, 0.1) is 17.1 Å². The molecule has 10 nitrogen and oxygen atoms in total. The number of hydrogen-bond donors (Lipinski definition) is 0. The van der Waals surface area contributed by atoms with Gasteiger partial charge in [0.1, 0.15) is 34.8 Å². The Balaban J connectivity index is 1.28. The van der Waals surface area contributed by atoms with E-state index < -0.39 is 63.8 Å². The molecule has 18 heteroatoms. The third-order valence-electron chi connectivity index (χ3n) is 9.69. The summed E-state index contributed by atoms with van der Waals surface area (Å²) < 4.78 is 94.3. The van der Waals surface area contributed by atoms with Crippen molar-refractivity contribution in [3.63, 3.8) is 0 Å². The van der Waals surface area contributed by atoms with Gasteiger partial charge in [-0.15, -0.1) is 11.3 Å².